The van der Waals surface area contributed by atoms with Crippen LogP contribution in [0.1, 0.15) is 6.92 Å². The zero-order chi connectivity index (χ0) is 11.3. The standard InChI is InChI=1S/C10H20N2O2S/c1-9(13)7-11-3-5-12(6-4-11)10(14)8-15-2/h9,13H,3-8H2,1-2H3/t9-/m0/s1. The van der Waals surface area contributed by atoms with Crippen molar-refractivity contribution in [1.29, 1.82) is 0 Å². The second-order valence-corrected chi connectivity index (χ2v) is 4.83. The van der Waals surface area contributed by atoms with Gasteiger partial charge in [0.1, 0.15) is 0 Å². The minimum atomic E-state index is -0.279. The maximum atomic E-state index is 11.6. The molecule has 1 heterocycles. The second-order valence-electron chi connectivity index (χ2n) is 3.96. The summed E-state index contributed by atoms with van der Waals surface area (Å²) in [6.45, 7) is 5.87. The van der Waals surface area contributed by atoms with Crippen molar-refractivity contribution in [2.24, 2.45) is 0 Å². The van der Waals surface area contributed by atoms with Crippen LogP contribution in [-0.2, 0) is 4.79 Å². The Morgan fingerprint density at radius 1 is 1.40 bits per heavy atom. The fraction of sp³-hybridized carbons (Fsp3) is 0.900. The molecule has 1 rings (SSSR count). The Morgan fingerprint density at radius 3 is 2.47 bits per heavy atom. The number of rotatable bonds is 4. The molecule has 1 N–H and O–H groups in total. The van der Waals surface area contributed by atoms with Crippen molar-refractivity contribution in [3.05, 3.63) is 0 Å². The Kier molecular flexibility index (Phi) is 5.42. The molecule has 4 nitrogen and oxygen atoms in total. The summed E-state index contributed by atoms with van der Waals surface area (Å²) in [5.74, 6) is 0.815. The van der Waals surface area contributed by atoms with Crippen LogP contribution in [0.2, 0.25) is 0 Å². The van der Waals surface area contributed by atoms with E-state index in [0.717, 1.165) is 26.2 Å². The molecule has 0 saturated carbocycles. The molecule has 0 aromatic rings. The first-order valence-corrected chi connectivity index (χ1v) is 6.70. The van der Waals surface area contributed by atoms with E-state index < -0.39 is 0 Å². The number of piperazine rings is 1. The van der Waals surface area contributed by atoms with Crippen molar-refractivity contribution in [1.82, 2.24) is 9.80 Å². The number of aliphatic hydroxyl groups excluding tert-OH is 1. The summed E-state index contributed by atoms with van der Waals surface area (Å²) in [6, 6.07) is 0. The Balaban J connectivity index is 2.26. The molecule has 15 heavy (non-hydrogen) atoms. The molecule has 1 aliphatic heterocycles. The summed E-state index contributed by atoms with van der Waals surface area (Å²) in [4.78, 5) is 15.7. The summed E-state index contributed by atoms with van der Waals surface area (Å²) in [7, 11) is 0. The van der Waals surface area contributed by atoms with Crippen LogP contribution in [0.15, 0.2) is 0 Å². The van der Waals surface area contributed by atoms with Crippen molar-refractivity contribution in [3.8, 4) is 0 Å². The summed E-state index contributed by atoms with van der Waals surface area (Å²) in [6.07, 6.45) is 1.67. The lowest BCUT2D eigenvalue weighted by atomic mass is 10.3. The molecule has 0 unspecified atom stereocenters. The minimum absolute atomic E-state index is 0.235. The third-order valence-corrected chi connectivity index (χ3v) is 3.05. The average Bonchev–Trinajstić information content (AvgIpc) is 2.18. The molecule has 88 valence electrons. The predicted octanol–water partition coefficient (Wildman–Crippen LogP) is -0.126. The molecule has 0 bridgehead atoms. The second kappa shape index (κ2) is 6.35. The number of carbonyl (C=O) groups excluding carboxylic acids is 1. The third-order valence-electron chi connectivity index (χ3n) is 2.52. The molecule has 0 radical (unpaired) electrons. The molecule has 1 fully saturated rings. The number of carbonyl (C=O) groups is 1. The van der Waals surface area contributed by atoms with Gasteiger partial charge in [0.05, 0.1) is 11.9 Å². The molecule has 0 aromatic heterocycles. The molecule has 0 aromatic carbocycles. The lowest BCUT2D eigenvalue weighted by molar-refractivity contribution is -0.130. The number of aliphatic hydroxyl groups is 1. The fourth-order valence-electron chi connectivity index (χ4n) is 1.77. The highest BCUT2D eigenvalue weighted by Crippen LogP contribution is 2.05. The number of amides is 1. The molecular formula is C10H20N2O2S. The fourth-order valence-corrected chi connectivity index (χ4v) is 2.20. The molecule has 1 aliphatic rings. The zero-order valence-electron chi connectivity index (χ0n) is 9.48. The SMILES string of the molecule is CSCC(=O)N1CCN(C[C@H](C)O)CC1. The van der Waals surface area contributed by atoms with Crippen LogP contribution in [0, 0.1) is 0 Å². The Labute approximate surface area is 95.6 Å². The summed E-state index contributed by atoms with van der Waals surface area (Å²) in [5, 5.41) is 9.24. The van der Waals surface area contributed by atoms with Crippen molar-refractivity contribution >= 4 is 17.7 Å². The molecular weight excluding hydrogens is 212 g/mol. The van der Waals surface area contributed by atoms with Crippen LogP contribution < -0.4 is 0 Å². The smallest absolute Gasteiger partial charge is 0.232 e. The predicted molar refractivity (Wildman–Crippen MR) is 63.1 cm³/mol. The van der Waals surface area contributed by atoms with Gasteiger partial charge < -0.3 is 10.0 Å². The van der Waals surface area contributed by atoms with Crippen molar-refractivity contribution in [2.45, 2.75) is 13.0 Å². The van der Waals surface area contributed by atoms with Crippen molar-refractivity contribution < 1.29 is 9.90 Å². The Bertz CT molecular complexity index is 204. The van der Waals surface area contributed by atoms with Gasteiger partial charge in [0, 0.05) is 32.7 Å². The van der Waals surface area contributed by atoms with Gasteiger partial charge in [-0.2, -0.15) is 11.8 Å². The highest BCUT2D eigenvalue weighted by atomic mass is 32.2. The van der Waals surface area contributed by atoms with Crippen LogP contribution in [0.5, 0.6) is 0 Å². The van der Waals surface area contributed by atoms with Crippen LogP contribution in [0.25, 0.3) is 0 Å². The van der Waals surface area contributed by atoms with Crippen LogP contribution >= 0.6 is 11.8 Å². The van der Waals surface area contributed by atoms with E-state index in [9.17, 15) is 9.90 Å². The summed E-state index contributed by atoms with van der Waals surface area (Å²) < 4.78 is 0. The van der Waals surface area contributed by atoms with Gasteiger partial charge in [0.25, 0.3) is 0 Å². The Morgan fingerprint density at radius 2 is 2.00 bits per heavy atom. The highest BCUT2D eigenvalue weighted by Gasteiger charge is 2.20. The van der Waals surface area contributed by atoms with Crippen LogP contribution in [0.4, 0.5) is 0 Å². The van der Waals surface area contributed by atoms with E-state index in [0.29, 0.717) is 12.3 Å². The number of β-amino-alcohol motifs (C(OH)–C–C–N with tert-alkyl or cyclic N) is 1. The largest absolute Gasteiger partial charge is 0.392 e. The van der Waals surface area contributed by atoms with Gasteiger partial charge in [0.2, 0.25) is 5.91 Å². The van der Waals surface area contributed by atoms with Crippen molar-refractivity contribution in [2.75, 3.05) is 44.7 Å². The zero-order valence-corrected chi connectivity index (χ0v) is 10.3. The topological polar surface area (TPSA) is 43.8 Å². The molecule has 0 spiro atoms. The van der Waals surface area contributed by atoms with Crippen LogP contribution in [0.3, 0.4) is 0 Å². The van der Waals surface area contributed by atoms with E-state index in [1.807, 2.05) is 11.2 Å². The van der Waals surface area contributed by atoms with E-state index in [-0.39, 0.29) is 12.0 Å². The Hall–Kier alpha value is -0.260. The average molecular weight is 232 g/mol. The van der Waals surface area contributed by atoms with Gasteiger partial charge in [-0.25, -0.2) is 0 Å². The monoisotopic (exact) mass is 232 g/mol. The molecule has 1 amide bonds. The van der Waals surface area contributed by atoms with E-state index in [1.165, 1.54) is 0 Å². The van der Waals surface area contributed by atoms with Gasteiger partial charge >= 0.3 is 0 Å². The lowest BCUT2D eigenvalue weighted by Gasteiger charge is -2.35. The molecule has 5 heteroatoms. The number of thioether (sulfide) groups is 1. The third kappa shape index (κ3) is 4.40. The lowest BCUT2D eigenvalue weighted by Crippen LogP contribution is -2.50. The van der Waals surface area contributed by atoms with E-state index in [2.05, 4.69) is 4.90 Å². The number of hydrogen-bond donors (Lipinski definition) is 1. The summed E-state index contributed by atoms with van der Waals surface area (Å²) in [5.41, 5.74) is 0. The number of nitrogens with zero attached hydrogens (tertiary/aromatic N) is 2. The summed E-state index contributed by atoms with van der Waals surface area (Å²) >= 11 is 1.57. The molecule has 1 saturated heterocycles. The van der Waals surface area contributed by atoms with Crippen LogP contribution in [-0.4, -0.2) is 71.6 Å². The number of hydrogen-bond acceptors (Lipinski definition) is 4. The van der Waals surface area contributed by atoms with Gasteiger partial charge in [-0.15, -0.1) is 0 Å². The molecule has 1 atom stereocenters. The molecule has 0 aliphatic carbocycles. The van der Waals surface area contributed by atoms with E-state index in [4.69, 9.17) is 0 Å². The minimum Gasteiger partial charge on any atom is -0.392 e. The quantitative estimate of drug-likeness (QED) is 0.733. The van der Waals surface area contributed by atoms with E-state index in [1.54, 1.807) is 18.7 Å². The van der Waals surface area contributed by atoms with Gasteiger partial charge in [-0.3, -0.25) is 9.69 Å². The normalized spacial score (nSPS) is 20.3. The first-order chi connectivity index (χ1) is 7.13. The first-order valence-electron chi connectivity index (χ1n) is 5.30. The van der Waals surface area contributed by atoms with Gasteiger partial charge in [-0.05, 0) is 13.2 Å². The maximum Gasteiger partial charge on any atom is 0.232 e. The van der Waals surface area contributed by atoms with Gasteiger partial charge in [0.15, 0.2) is 0 Å². The van der Waals surface area contributed by atoms with E-state index >= 15 is 0 Å². The first kappa shape index (κ1) is 12.8. The van der Waals surface area contributed by atoms with Gasteiger partial charge in [-0.1, -0.05) is 0 Å². The van der Waals surface area contributed by atoms with Crippen molar-refractivity contribution in [3.63, 3.8) is 0 Å². The maximum absolute atomic E-state index is 11.6. The highest BCUT2D eigenvalue weighted by molar-refractivity contribution is 7.99.